The molecule has 1 heterocycles. The van der Waals surface area contributed by atoms with Crippen LogP contribution in [0.5, 0.6) is 0 Å². The van der Waals surface area contributed by atoms with E-state index in [1.165, 1.54) is 18.9 Å². The molecule has 3 heteroatoms. The van der Waals surface area contributed by atoms with Gasteiger partial charge in [0.1, 0.15) is 5.82 Å². The summed E-state index contributed by atoms with van der Waals surface area (Å²) < 4.78 is 14.2. The summed E-state index contributed by atoms with van der Waals surface area (Å²) >= 11 is 0. The van der Waals surface area contributed by atoms with Crippen molar-refractivity contribution < 1.29 is 9.50 Å². The molecule has 2 nitrogen and oxygen atoms in total. The minimum absolute atomic E-state index is 0.214. The molecule has 1 aliphatic rings. The lowest BCUT2D eigenvalue weighted by atomic mass is 9.98. The van der Waals surface area contributed by atoms with Crippen molar-refractivity contribution >= 4 is 5.69 Å². The number of anilines is 1. The minimum atomic E-state index is -0.629. The van der Waals surface area contributed by atoms with E-state index in [1.54, 1.807) is 13.0 Å². The molecule has 0 aromatic heterocycles. The summed E-state index contributed by atoms with van der Waals surface area (Å²) in [5, 5.41) is 9.83. The Morgan fingerprint density at radius 1 is 1.37 bits per heavy atom. The smallest absolute Gasteiger partial charge is 0.146 e. The van der Waals surface area contributed by atoms with Crippen molar-refractivity contribution in [2.45, 2.75) is 45.6 Å². The molecule has 1 saturated heterocycles. The van der Waals surface area contributed by atoms with Crippen LogP contribution in [0.4, 0.5) is 10.1 Å². The number of aliphatic hydroxyl groups is 1. The van der Waals surface area contributed by atoms with Crippen LogP contribution in [-0.2, 0) is 0 Å². The first-order valence-electron chi connectivity index (χ1n) is 7.35. The number of para-hydroxylation sites is 1. The van der Waals surface area contributed by atoms with Crippen LogP contribution < -0.4 is 4.90 Å². The van der Waals surface area contributed by atoms with Gasteiger partial charge >= 0.3 is 0 Å². The highest BCUT2D eigenvalue weighted by atomic mass is 19.1. The van der Waals surface area contributed by atoms with Gasteiger partial charge in [0, 0.05) is 18.7 Å². The predicted molar refractivity (Wildman–Crippen MR) is 76.9 cm³/mol. The molecule has 1 aliphatic heterocycles. The Morgan fingerprint density at radius 3 is 2.84 bits per heavy atom. The quantitative estimate of drug-likeness (QED) is 0.896. The number of hydrogen-bond donors (Lipinski definition) is 1. The summed E-state index contributed by atoms with van der Waals surface area (Å²) in [5.74, 6) is 0.542. The highest BCUT2D eigenvalue weighted by Crippen LogP contribution is 2.32. The lowest BCUT2D eigenvalue weighted by Gasteiger charge is -2.27. The van der Waals surface area contributed by atoms with Crippen molar-refractivity contribution in [2.75, 3.05) is 18.0 Å². The summed E-state index contributed by atoms with van der Waals surface area (Å²) in [6, 6.07) is 4.99. The summed E-state index contributed by atoms with van der Waals surface area (Å²) in [4.78, 5) is 2.12. The number of aliphatic hydroxyl groups excluding tert-OH is 1. The van der Waals surface area contributed by atoms with Crippen LogP contribution in [0.15, 0.2) is 18.2 Å². The first kappa shape index (κ1) is 14.3. The SMILES string of the molecule is CCC1CCCN(c2c(F)cccc2[C@@H](C)O)CC1. The highest BCUT2D eigenvalue weighted by Gasteiger charge is 2.22. The largest absolute Gasteiger partial charge is 0.389 e. The minimum Gasteiger partial charge on any atom is -0.389 e. The Bertz CT molecular complexity index is 419. The summed E-state index contributed by atoms with van der Waals surface area (Å²) in [7, 11) is 0. The third-order valence-electron chi connectivity index (χ3n) is 4.21. The fourth-order valence-electron chi connectivity index (χ4n) is 3.00. The fourth-order valence-corrected chi connectivity index (χ4v) is 3.00. The molecule has 0 aliphatic carbocycles. The van der Waals surface area contributed by atoms with Crippen LogP contribution in [0.2, 0.25) is 0 Å². The van der Waals surface area contributed by atoms with Gasteiger partial charge < -0.3 is 10.0 Å². The van der Waals surface area contributed by atoms with Crippen molar-refractivity contribution in [1.82, 2.24) is 0 Å². The van der Waals surface area contributed by atoms with Gasteiger partial charge in [0.15, 0.2) is 0 Å². The molecule has 2 rings (SSSR count). The van der Waals surface area contributed by atoms with Crippen LogP contribution in [0.1, 0.15) is 51.2 Å². The summed E-state index contributed by atoms with van der Waals surface area (Å²) in [6.07, 6.45) is 4.02. The number of benzene rings is 1. The van der Waals surface area contributed by atoms with Gasteiger partial charge in [-0.25, -0.2) is 4.39 Å². The first-order chi connectivity index (χ1) is 9.13. The maximum atomic E-state index is 14.2. The van der Waals surface area contributed by atoms with E-state index in [9.17, 15) is 9.50 Å². The molecule has 106 valence electrons. The van der Waals surface area contributed by atoms with E-state index in [0.29, 0.717) is 11.3 Å². The van der Waals surface area contributed by atoms with E-state index in [1.807, 2.05) is 6.07 Å². The lowest BCUT2D eigenvalue weighted by Crippen LogP contribution is -2.27. The van der Waals surface area contributed by atoms with E-state index >= 15 is 0 Å². The standard InChI is InChI=1S/C16H24FNO/c1-3-13-6-5-10-18(11-9-13)16-14(12(2)19)7-4-8-15(16)17/h4,7-8,12-13,19H,3,5-6,9-11H2,1-2H3/t12-,13?/m1/s1. The number of nitrogens with zero attached hydrogens (tertiary/aromatic N) is 1. The van der Waals surface area contributed by atoms with Crippen molar-refractivity contribution in [3.05, 3.63) is 29.6 Å². The van der Waals surface area contributed by atoms with Gasteiger partial charge in [0.25, 0.3) is 0 Å². The molecule has 0 saturated carbocycles. The van der Waals surface area contributed by atoms with E-state index in [4.69, 9.17) is 0 Å². The van der Waals surface area contributed by atoms with E-state index < -0.39 is 6.10 Å². The van der Waals surface area contributed by atoms with E-state index in [0.717, 1.165) is 31.8 Å². The number of halogens is 1. The molecule has 0 amide bonds. The molecule has 1 aromatic carbocycles. The van der Waals surface area contributed by atoms with Gasteiger partial charge in [-0.3, -0.25) is 0 Å². The van der Waals surface area contributed by atoms with Gasteiger partial charge in [0.05, 0.1) is 11.8 Å². The molecule has 1 unspecified atom stereocenters. The highest BCUT2D eigenvalue weighted by molar-refractivity contribution is 5.55. The molecule has 0 radical (unpaired) electrons. The van der Waals surface area contributed by atoms with Crippen LogP contribution in [0.3, 0.4) is 0 Å². The molecule has 0 spiro atoms. The molecular weight excluding hydrogens is 241 g/mol. The van der Waals surface area contributed by atoms with E-state index in [2.05, 4.69) is 11.8 Å². The van der Waals surface area contributed by atoms with Crippen LogP contribution in [-0.4, -0.2) is 18.2 Å². The van der Waals surface area contributed by atoms with E-state index in [-0.39, 0.29) is 5.82 Å². The zero-order valence-electron chi connectivity index (χ0n) is 11.9. The second-order valence-electron chi connectivity index (χ2n) is 5.55. The van der Waals surface area contributed by atoms with Crippen molar-refractivity contribution in [1.29, 1.82) is 0 Å². The molecule has 1 N–H and O–H groups in total. The Hall–Kier alpha value is -1.09. The third-order valence-corrected chi connectivity index (χ3v) is 4.21. The second kappa shape index (κ2) is 6.38. The van der Waals surface area contributed by atoms with Gasteiger partial charge in [-0.05, 0) is 38.2 Å². The summed E-state index contributed by atoms with van der Waals surface area (Å²) in [6.45, 7) is 5.70. The summed E-state index contributed by atoms with van der Waals surface area (Å²) in [5.41, 5.74) is 1.31. The topological polar surface area (TPSA) is 23.5 Å². The van der Waals surface area contributed by atoms with Crippen LogP contribution in [0.25, 0.3) is 0 Å². The van der Waals surface area contributed by atoms with Gasteiger partial charge in [0.2, 0.25) is 0 Å². The monoisotopic (exact) mass is 265 g/mol. The third kappa shape index (κ3) is 3.27. The van der Waals surface area contributed by atoms with Gasteiger partial charge in [-0.2, -0.15) is 0 Å². The second-order valence-corrected chi connectivity index (χ2v) is 5.55. The molecule has 1 fully saturated rings. The average molecular weight is 265 g/mol. The van der Waals surface area contributed by atoms with Crippen molar-refractivity contribution in [3.8, 4) is 0 Å². The van der Waals surface area contributed by atoms with Crippen LogP contribution in [0, 0.1) is 11.7 Å². The number of hydrogen-bond acceptors (Lipinski definition) is 2. The fraction of sp³-hybridized carbons (Fsp3) is 0.625. The molecule has 1 aromatic rings. The maximum absolute atomic E-state index is 14.2. The zero-order valence-corrected chi connectivity index (χ0v) is 11.9. The average Bonchev–Trinajstić information content (AvgIpc) is 2.63. The Kier molecular flexibility index (Phi) is 4.81. The maximum Gasteiger partial charge on any atom is 0.146 e. The zero-order chi connectivity index (χ0) is 13.8. The van der Waals surface area contributed by atoms with Crippen molar-refractivity contribution in [2.24, 2.45) is 5.92 Å². The number of rotatable bonds is 3. The molecule has 19 heavy (non-hydrogen) atoms. The van der Waals surface area contributed by atoms with Crippen molar-refractivity contribution in [3.63, 3.8) is 0 Å². The first-order valence-corrected chi connectivity index (χ1v) is 7.35. The Labute approximate surface area is 115 Å². The lowest BCUT2D eigenvalue weighted by molar-refractivity contribution is 0.199. The van der Waals surface area contributed by atoms with Crippen LogP contribution >= 0.6 is 0 Å². The molecular formula is C16H24FNO. The normalized spacial score (nSPS) is 22.1. The van der Waals surface area contributed by atoms with Gasteiger partial charge in [-0.15, -0.1) is 0 Å². The van der Waals surface area contributed by atoms with Gasteiger partial charge in [-0.1, -0.05) is 25.5 Å². The molecule has 0 bridgehead atoms. The Balaban J connectivity index is 2.25. The molecule has 2 atom stereocenters. The Morgan fingerprint density at radius 2 is 2.16 bits per heavy atom. The predicted octanol–water partition coefficient (Wildman–Crippen LogP) is 3.90.